The molecule has 2 saturated heterocycles. The molecular formula is C12H24N2. The number of nitrogens with zero attached hydrogens (tertiary/aromatic N) is 2. The highest BCUT2D eigenvalue weighted by molar-refractivity contribution is 4.90. The second kappa shape index (κ2) is 4.19. The molecule has 0 bridgehead atoms. The van der Waals surface area contributed by atoms with E-state index in [1.54, 1.807) is 0 Å². The van der Waals surface area contributed by atoms with E-state index in [1.807, 2.05) is 0 Å². The monoisotopic (exact) mass is 196 g/mol. The predicted molar refractivity (Wildman–Crippen MR) is 60.5 cm³/mol. The van der Waals surface area contributed by atoms with Crippen LogP contribution >= 0.6 is 0 Å². The summed E-state index contributed by atoms with van der Waals surface area (Å²) in [7, 11) is 0. The van der Waals surface area contributed by atoms with Crippen LogP contribution in [0.15, 0.2) is 0 Å². The van der Waals surface area contributed by atoms with Crippen LogP contribution in [0.25, 0.3) is 0 Å². The van der Waals surface area contributed by atoms with Gasteiger partial charge in [-0.15, -0.1) is 0 Å². The molecule has 2 heteroatoms. The van der Waals surface area contributed by atoms with E-state index in [2.05, 4.69) is 30.6 Å². The molecule has 2 aliphatic rings. The maximum atomic E-state index is 2.72. The molecular weight excluding hydrogens is 172 g/mol. The number of fused-ring (bicyclic) bond motifs is 1. The maximum absolute atomic E-state index is 2.72. The van der Waals surface area contributed by atoms with Gasteiger partial charge in [-0.1, -0.05) is 6.42 Å². The van der Waals surface area contributed by atoms with Gasteiger partial charge in [0.2, 0.25) is 0 Å². The summed E-state index contributed by atoms with van der Waals surface area (Å²) in [6.07, 6.45) is 4.29. The molecule has 0 radical (unpaired) electrons. The Balaban J connectivity index is 1.99. The van der Waals surface area contributed by atoms with Crippen LogP contribution in [-0.4, -0.2) is 47.6 Å². The van der Waals surface area contributed by atoms with Gasteiger partial charge < -0.3 is 0 Å². The van der Waals surface area contributed by atoms with Crippen molar-refractivity contribution in [1.29, 1.82) is 0 Å². The smallest absolute Gasteiger partial charge is 0.0224 e. The third-order valence-corrected chi connectivity index (χ3v) is 3.90. The van der Waals surface area contributed by atoms with Crippen molar-refractivity contribution in [3.63, 3.8) is 0 Å². The molecule has 82 valence electrons. The molecule has 2 heterocycles. The molecule has 0 N–H and O–H groups in total. The Labute approximate surface area is 88.3 Å². The van der Waals surface area contributed by atoms with Crippen LogP contribution in [0.2, 0.25) is 0 Å². The van der Waals surface area contributed by atoms with E-state index < -0.39 is 0 Å². The van der Waals surface area contributed by atoms with E-state index in [-0.39, 0.29) is 0 Å². The lowest BCUT2D eigenvalue weighted by Gasteiger charge is -2.49. The van der Waals surface area contributed by atoms with Crippen molar-refractivity contribution in [2.24, 2.45) is 0 Å². The molecule has 2 aliphatic heterocycles. The number of rotatable bonds is 1. The van der Waals surface area contributed by atoms with Crippen LogP contribution < -0.4 is 0 Å². The first-order chi connectivity index (χ1) is 6.68. The topological polar surface area (TPSA) is 6.48 Å². The normalized spacial score (nSPS) is 36.0. The highest BCUT2D eigenvalue weighted by Gasteiger charge is 2.33. The predicted octanol–water partition coefficient (Wildman–Crippen LogP) is 1.95. The highest BCUT2D eigenvalue weighted by atomic mass is 15.3. The van der Waals surface area contributed by atoms with Gasteiger partial charge in [0.05, 0.1) is 0 Å². The maximum Gasteiger partial charge on any atom is 0.0224 e. The zero-order valence-electron chi connectivity index (χ0n) is 9.87. The molecule has 2 atom stereocenters. The molecule has 2 nitrogen and oxygen atoms in total. The Morgan fingerprint density at radius 2 is 1.93 bits per heavy atom. The molecule has 0 aromatic rings. The minimum Gasteiger partial charge on any atom is -0.298 e. The summed E-state index contributed by atoms with van der Waals surface area (Å²) < 4.78 is 0. The number of piperazine rings is 1. The highest BCUT2D eigenvalue weighted by Crippen LogP contribution is 2.24. The summed E-state index contributed by atoms with van der Waals surface area (Å²) in [6.45, 7) is 11.0. The van der Waals surface area contributed by atoms with E-state index in [1.165, 1.54) is 38.9 Å². The molecule has 0 spiro atoms. The van der Waals surface area contributed by atoms with Crippen molar-refractivity contribution in [3.8, 4) is 0 Å². The Hall–Kier alpha value is -0.0800. The molecule has 0 aliphatic carbocycles. The SMILES string of the molecule is CC(C)N1CC2CCCCN2CC1C. The molecule has 2 fully saturated rings. The Bertz CT molecular complexity index is 191. The minimum absolute atomic E-state index is 0.717. The third-order valence-electron chi connectivity index (χ3n) is 3.90. The van der Waals surface area contributed by atoms with Gasteiger partial charge in [0.15, 0.2) is 0 Å². The van der Waals surface area contributed by atoms with Crippen molar-refractivity contribution in [2.45, 2.75) is 58.2 Å². The van der Waals surface area contributed by atoms with Crippen molar-refractivity contribution in [2.75, 3.05) is 19.6 Å². The molecule has 2 unspecified atom stereocenters. The van der Waals surface area contributed by atoms with Crippen molar-refractivity contribution >= 4 is 0 Å². The summed E-state index contributed by atoms with van der Waals surface area (Å²) in [5.74, 6) is 0. The number of piperidine rings is 1. The van der Waals surface area contributed by atoms with E-state index in [4.69, 9.17) is 0 Å². The number of hydrogen-bond acceptors (Lipinski definition) is 2. The Morgan fingerprint density at radius 3 is 2.64 bits per heavy atom. The summed E-state index contributed by atoms with van der Waals surface area (Å²) in [5, 5.41) is 0. The summed E-state index contributed by atoms with van der Waals surface area (Å²) in [4.78, 5) is 5.39. The Kier molecular flexibility index (Phi) is 3.13. The van der Waals surface area contributed by atoms with Gasteiger partial charge >= 0.3 is 0 Å². The molecule has 14 heavy (non-hydrogen) atoms. The van der Waals surface area contributed by atoms with Crippen LogP contribution in [0.4, 0.5) is 0 Å². The standard InChI is InChI=1S/C12H24N2/c1-10(2)14-9-12-6-4-5-7-13(12)8-11(14)3/h10-12H,4-9H2,1-3H3. The molecule has 0 aromatic carbocycles. The van der Waals surface area contributed by atoms with Crippen LogP contribution in [0.1, 0.15) is 40.0 Å². The lowest BCUT2D eigenvalue weighted by Crippen LogP contribution is -2.60. The molecule has 0 amide bonds. The first-order valence-electron chi connectivity index (χ1n) is 6.18. The van der Waals surface area contributed by atoms with E-state index in [9.17, 15) is 0 Å². The zero-order chi connectivity index (χ0) is 10.1. The van der Waals surface area contributed by atoms with Crippen molar-refractivity contribution in [1.82, 2.24) is 9.80 Å². The first-order valence-corrected chi connectivity index (χ1v) is 6.18. The number of hydrogen-bond donors (Lipinski definition) is 0. The lowest BCUT2D eigenvalue weighted by atomic mass is 9.96. The average molecular weight is 196 g/mol. The van der Waals surface area contributed by atoms with E-state index in [0.717, 1.165) is 12.1 Å². The summed E-state index contributed by atoms with van der Waals surface area (Å²) in [6, 6.07) is 2.33. The van der Waals surface area contributed by atoms with Gasteiger partial charge in [-0.2, -0.15) is 0 Å². The average Bonchev–Trinajstić information content (AvgIpc) is 2.16. The Morgan fingerprint density at radius 1 is 1.14 bits per heavy atom. The minimum atomic E-state index is 0.717. The molecule has 0 aromatic heterocycles. The fourth-order valence-electron chi connectivity index (χ4n) is 3.09. The van der Waals surface area contributed by atoms with E-state index in [0.29, 0.717) is 6.04 Å². The van der Waals surface area contributed by atoms with Crippen LogP contribution in [0, 0.1) is 0 Å². The van der Waals surface area contributed by atoms with Crippen molar-refractivity contribution in [3.05, 3.63) is 0 Å². The zero-order valence-corrected chi connectivity index (χ0v) is 9.87. The van der Waals surface area contributed by atoms with Gasteiger partial charge in [0.1, 0.15) is 0 Å². The van der Waals surface area contributed by atoms with Crippen LogP contribution in [-0.2, 0) is 0 Å². The second-order valence-corrected chi connectivity index (χ2v) is 5.28. The van der Waals surface area contributed by atoms with Gasteiger partial charge in [0.25, 0.3) is 0 Å². The second-order valence-electron chi connectivity index (χ2n) is 5.28. The van der Waals surface area contributed by atoms with Crippen LogP contribution in [0.3, 0.4) is 0 Å². The molecule has 2 rings (SSSR count). The van der Waals surface area contributed by atoms with E-state index >= 15 is 0 Å². The van der Waals surface area contributed by atoms with Gasteiger partial charge in [0, 0.05) is 31.2 Å². The quantitative estimate of drug-likeness (QED) is 0.632. The summed E-state index contributed by atoms with van der Waals surface area (Å²) in [5.41, 5.74) is 0. The molecule has 0 saturated carbocycles. The van der Waals surface area contributed by atoms with Crippen LogP contribution in [0.5, 0.6) is 0 Å². The largest absolute Gasteiger partial charge is 0.298 e. The van der Waals surface area contributed by atoms with Gasteiger partial charge in [-0.05, 0) is 40.2 Å². The first kappa shape index (κ1) is 10.4. The third kappa shape index (κ3) is 1.96. The van der Waals surface area contributed by atoms with Crippen molar-refractivity contribution < 1.29 is 0 Å². The fraction of sp³-hybridized carbons (Fsp3) is 1.00. The lowest BCUT2D eigenvalue weighted by molar-refractivity contribution is -0.000225. The summed E-state index contributed by atoms with van der Waals surface area (Å²) >= 11 is 0. The fourth-order valence-corrected chi connectivity index (χ4v) is 3.09. The van der Waals surface area contributed by atoms with Gasteiger partial charge in [-0.3, -0.25) is 9.80 Å². The van der Waals surface area contributed by atoms with Gasteiger partial charge in [-0.25, -0.2) is 0 Å².